The van der Waals surface area contributed by atoms with E-state index in [1.807, 2.05) is 12.1 Å². The van der Waals surface area contributed by atoms with Crippen molar-refractivity contribution in [1.82, 2.24) is 10.2 Å². The summed E-state index contributed by atoms with van der Waals surface area (Å²) in [5.41, 5.74) is 0. The van der Waals surface area contributed by atoms with Crippen LogP contribution in [0.2, 0.25) is 0 Å². The van der Waals surface area contributed by atoms with Gasteiger partial charge in [-0.3, -0.25) is 4.90 Å². The molecule has 0 aromatic carbocycles. The molecule has 0 aliphatic rings. The van der Waals surface area contributed by atoms with Gasteiger partial charge in [-0.05, 0) is 55.8 Å². The number of halogens is 1. The average Bonchev–Trinajstić information content (AvgIpc) is 2.62. The van der Waals surface area contributed by atoms with Gasteiger partial charge in [0.1, 0.15) is 5.76 Å². The van der Waals surface area contributed by atoms with Crippen molar-refractivity contribution in [2.45, 2.75) is 46.3 Å². The Bertz CT molecular complexity index is 315. The summed E-state index contributed by atoms with van der Waals surface area (Å²) in [4.78, 5) is 2.48. The second-order valence-corrected chi connectivity index (χ2v) is 5.59. The second kappa shape index (κ2) is 7.19. The third-order valence-electron chi connectivity index (χ3n) is 2.80. The van der Waals surface area contributed by atoms with Gasteiger partial charge >= 0.3 is 0 Å². The maximum atomic E-state index is 5.43. The Morgan fingerprint density at radius 3 is 2.35 bits per heavy atom. The van der Waals surface area contributed by atoms with Gasteiger partial charge in [0.15, 0.2) is 4.67 Å². The third kappa shape index (κ3) is 5.23. The zero-order valence-electron chi connectivity index (χ0n) is 11.2. The average molecular weight is 303 g/mol. The molecule has 1 heterocycles. The van der Waals surface area contributed by atoms with Gasteiger partial charge in [-0.15, -0.1) is 0 Å². The van der Waals surface area contributed by atoms with E-state index >= 15 is 0 Å². The van der Waals surface area contributed by atoms with Gasteiger partial charge < -0.3 is 9.73 Å². The SMILES string of the molecule is CC(C)N(CCNCc1ccc(Br)o1)C(C)C. The Morgan fingerprint density at radius 1 is 1.24 bits per heavy atom. The molecule has 1 rings (SSSR count). The van der Waals surface area contributed by atoms with E-state index in [4.69, 9.17) is 4.42 Å². The predicted molar refractivity (Wildman–Crippen MR) is 75.1 cm³/mol. The van der Waals surface area contributed by atoms with Crippen LogP contribution in [0.4, 0.5) is 0 Å². The van der Waals surface area contributed by atoms with Crippen LogP contribution in [-0.4, -0.2) is 30.1 Å². The fourth-order valence-corrected chi connectivity index (χ4v) is 2.32. The lowest BCUT2D eigenvalue weighted by atomic mass is 10.2. The van der Waals surface area contributed by atoms with Crippen LogP contribution in [0.25, 0.3) is 0 Å². The van der Waals surface area contributed by atoms with Crippen LogP contribution in [0, 0.1) is 0 Å². The normalized spacial score (nSPS) is 12.0. The van der Waals surface area contributed by atoms with E-state index in [1.54, 1.807) is 0 Å². The summed E-state index contributed by atoms with van der Waals surface area (Å²) >= 11 is 3.30. The van der Waals surface area contributed by atoms with E-state index in [9.17, 15) is 0 Å². The minimum atomic E-state index is 0.592. The first-order valence-electron chi connectivity index (χ1n) is 6.21. The molecule has 1 aromatic heterocycles. The number of hydrogen-bond donors (Lipinski definition) is 1. The first-order chi connectivity index (χ1) is 8.00. The van der Waals surface area contributed by atoms with Crippen LogP contribution in [0.3, 0.4) is 0 Å². The Balaban J connectivity index is 2.23. The zero-order valence-corrected chi connectivity index (χ0v) is 12.8. The highest BCUT2D eigenvalue weighted by Crippen LogP contribution is 2.13. The smallest absolute Gasteiger partial charge is 0.169 e. The molecular formula is C13H23BrN2O. The lowest BCUT2D eigenvalue weighted by molar-refractivity contribution is 0.175. The van der Waals surface area contributed by atoms with Crippen molar-refractivity contribution in [2.75, 3.05) is 13.1 Å². The van der Waals surface area contributed by atoms with E-state index in [0.29, 0.717) is 12.1 Å². The van der Waals surface area contributed by atoms with Crippen LogP contribution in [0.1, 0.15) is 33.5 Å². The monoisotopic (exact) mass is 302 g/mol. The van der Waals surface area contributed by atoms with Crippen molar-refractivity contribution >= 4 is 15.9 Å². The van der Waals surface area contributed by atoms with E-state index in [1.165, 1.54) is 0 Å². The molecule has 0 saturated carbocycles. The zero-order chi connectivity index (χ0) is 12.8. The second-order valence-electron chi connectivity index (χ2n) is 4.81. The minimum Gasteiger partial charge on any atom is -0.453 e. The number of nitrogens with one attached hydrogen (secondary N) is 1. The van der Waals surface area contributed by atoms with Crippen LogP contribution in [-0.2, 0) is 6.54 Å². The van der Waals surface area contributed by atoms with Gasteiger partial charge in [-0.2, -0.15) is 0 Å². The fraction of sp³-hybridized carbons (Fsp3) is 0.692. The molecular weight excluding hydrogens is 280 g/mol. The van der Waals surface area contributed by atoms with Crippen LogP contribution >= 0.6 is 15.9 Å². The number of nitrogens with zero attached hydrogens (tertiary/aromatic N) is 1. The van der Waals surface area contributed by atoms with Crippen LogP contribution in [0.15, 0.2) is 21.2 Å². The molecule has 0 saturated heterocycles. The molecule has 0 atom stereocenters. The summed E-state index contributed by atoms with van der Waals surface area (Å²) in [6.07, 6.45) is 0. The van der Waals surface area contributed by atoms with Gasteiger partial charge in [0.2, 0.25) is 0 Å². The van der Waals surface area contributed by atoms with Gasteiger partial charge in [-0.1, -0.05) is 0 Å². The molecule has 98 valence electrons. The van der Waals surface area contributed by atoms with Crippen molar-refractivity contribution in [3.63, 3.8) is 0 Å². The van der Waals surface area contributed by atoms with Gasteiger partial charge in [0, 0.05) is 25.2 Å². The molecule has 0 aliphatic heterocycles. The molecule has 0 bridgehead atoms. The largest absolute Gasteiger partial charge is 0.453 e. The molecule has 0 spiro atoms. The summed E-state index contributed by atoms with van der Waals surface area (Å²) in [7, 11) is 0. The molecule has 0 unspecified atom stereocenters. The highest BCUT2D eigenvalue weighted by molar-refractivity contribution is 9.10. The summed E-state index contributed by atoms with van der Waals surface area (Å²) in [5.74, 6) is 0.970. The van der Waals surface area contributed by atoms with E-state index in [0.717, 1.165) is 30.1 Å². The summed E-state index contributed by atoms with van der Waals surface area (Å²) in [6, 6.07) is 5.09. The van der Waals surface area contributed by atoms with E-state index < -0.39 is 0 Å². The highest BCUT2D eigenvalue weighted by atomic mass is 79.9. The Morgan fingerprint density at radius 2 is 1.88 bits per heavy atom. The van der Waals surface area contributed by atoms with Gasteiger partial charge in [0.25, 0.3) is 0 Å². The fourth-order valence-electron chi connectivity index (χ4n) is 1.98. The number of hydrogen-bond acceptors (Lipinski definition) is 3. The van der Waals surface area contributed by atoms with Crippen molar-refractivity contribution < 1.29 is 4.42 Å². The van der Waals surface area contributed by atoms with E-state index in [-0.39, 0.29) is 0 Å². The Labute approximate surface area is 113 Å². The summed E-state index contributed by atoms with van der Waals surface area (Å²) in [5, 5.41) is 3.40. The molecule has 0 radical (unpaired) electrons. The molecule has 1 aromatic rings. The first kappa shape index (κ1) is 14.7. The van der Waals surface area contributed by atoms with Gasteiger partial charge in [-0.25, -0.2) is 0 Å². The topological polar surface area (TPSA) is 28.4 Å². The molecule has 0 fully saturated rings. The lowest BCUT2D eigenvalue weighted by Gasteiger charge is -2.30. The number of rotatable bonds is 7. The summed E-state index contributed by atoms with van der Waals surface area (Å²) < 4.78 is 6.22. The maximum Gasteiger partial charge on any atom is 0.169 e. The standard InChI is InChI=1S/C13H23BrN2O/c1-10(2)16(11(3)4)8-7-15-9-12-5-6-13(14)17-12/h5-6,10-11,15H,7-9H2,1-4H3. The minimum absolute atomic E-state index is 0.592. The Hall–Kier alpha value is -0.320. The van der Waals surface area contributed by atoms with Crippen molar-refractivity contribution in [1.29, 1.82) is 0 Å². The predicted octanol–water partition coefficient (Wildman–Crippen LogP) is 3.25. The molecule has 0 amide bonds. The van der Waals surface area contributed by atoms with Crippen LogP contribution in [0.5, 0.6) is 0 Å². The Kier molecular flexibility index (Phi) is 6.23. The third-order valence-corrected chi connectivity index (χ3v) is 3.23. The quantitative estimate of drug-likeness (QED) is 0.784. The van der Waals surface area contributed by atoms with Crippen molar-refractivity contribution in [2.24, 2.45) is 0 Å². The van der Waals surface area contributed by atoms with Crippen molar-refractivity contribution in [3.05, 3.63) is 22.6 Å². The van der Waals surface area contributed by atoms with E-state index in [2.05, 4.69) is 53.8 Å². The molecule has 0 aliphatic carbocycles. The molecule has 4 heteroatoms. The van der Waals surface area contributed by atoms with Gasteiger partial charge in [0.05, 0.1) is 6.54 Å². The highest BCUT2D eigenvalue weighted by Gasteiger charge is 2.12. The van der Waals surface area contributed by atoms with Crippen molar-refractivity contribution in [3.8, 4) is 0 Å². The molecule has 1 N–H and O–H groups in total. The summed E-state index contributed by atoms with van der Waals surface area (Å²) in [6.45, 7) is 11.8. The number of furan rings is 1. The molecule has 3 nitrogen and oxygen atoms in total. The lowest BCUT2D eigenvalue weighted by Crippen LogP contribution is -2.41. The van der Waals surface area contributed by atoms with Crippen LogP contribution < -0.4 is 5.32 Å². The maximum absolute atomic E-state index is 5.43. The first-order valence-corrected chi connectivity index (χ1v) is 7.00. The molecule has 17 heavy (non-hydrogen) atoms.